The molecular weight excluding hydrogens is 436 g/mol. The van der Waals surface area contributed by atoms with Gasteiger partial charge in [-0.3, -0.25) is 0 Å². The van der Waals surface area contributed by atoms with Crippen LogP contribution < -0.4 is 10.1 Å². The predicted molar refractivity (Wildman–Crippen MR) is 127 cm³/mol. The Morgan fingerprint density at radius 2 is 1.82 bits per heavy atom. The number of carbonyl (C=O) groups is 2. The highest BCUT2D eigenvalue weighted by molar-refractivity contribution is 5.98. The molecule has 0 fully saturated rings. The van der Waals surface area contributed by atoms with Gasteiger partial charge in [-0.05, 0) is 39.3 Å². The lowest BCUT2D eigenvalue weighted by atomic mass is 10.0. The summed E-state index contributed by atoms with van der Waals surface area (Å²) in [4.78, 5) is 27.6. The highest BCUT2D eigenvalue weighted by Crippen LogP contribution is 2.35. The number of nitrogens with zero attached hydrogens (tertiary/aromatic N) is 1. The molecular formula is C26H26N2O6. The van der Waals surface area contributed by atoms with E-state index in [-0.39, 0.29) is 24.4 Å². The highest BCUT2D eigenvalue weighted by atomic mass is 16.6. The van der Waals surface area contributed by atoms with Crippen LogP contribution in [0.1, 0.15) is 48.0 Å². The van der Waals surface area contributed by atoms with Crippen molar-refractivity contribution in [1.82, 2.24) is 10.3 Å². The summed E-state index contributed by atoms with van der Waals surface area (Å²) in [5.41, 5.74) is 0.924. The molecule has 0 saturated heterocycles. The quantitative estimate of drug-likeness (QED) is 0.481. The average Bonchev–Trinajstić information content (AvgIpc) is 2.77. The molecule has 0 atom stereocenters. The van der Waals surface area contributed by atoms with Gasteiger partial charge in [0.2, 0.25) is 0 Å². The van der Waals surface area contributed by atoms with Crippen LogP contribution in [0.5, 0.6) is 11.5 Å². The van der Waals surface area contributed by atoms with Gasteiger partial charge in [-0.25, -0.2) is 14.6 Å². The van der Waals surface area contributed by atoms with E-state index in [1.165, 1.54) is 0 Å². The zero-order valence-electron chi connectivity index (χ0n) is 19.4. The number of hydrogen-bond acceptors (Lipinski definition) is 6. The van der Waals surface area contributed by atoms with Crippen molar-refractivity contribution in [2.75, 3.05) is 6.54 Å². The second-order valence-electron chi connectivity index (χ2n) is 8.51. The zero-order valence-corrected chi connectivity index (χ0v) is 19.4. The van der Waals surface area contributed by atoms with E-state index in [4.69, 9.17) is 9.47 Å². The number of aromatic carboxylic acids is 1. The Hall–Kier alpha value is -4.25. The van der Waals surface area contributed by atoms with Gasteiger partial charge in [-0.1, -0.05) is 48.2 Å². The second-order valence-corrected chi connectivity index (χ2v) is 8.51. The van der Waals surface area contributed by atoms with Crippen molar-refractivity contribution < 1.29 is 29.3 Å². The molecule has 0 aliphatic carbocycles. The molecule has 176 valence electrons. The number of benzene rings is 2. The Morgan fingerprint density at radius 3 is 2.47 bits per heavy atom. The Morgan fingerprint density at radius 1 is 1.12 bits per heavy atom. The van der Waals surface area contributed by atoms with E-state index < -0.39 is 29.1 Å². The number of aryl methyl sites for hydroxylation is 1. The first-order chi connectivity index (χ1) is 16.1. The van der Waals surface area contributed by atoms with Crippen molar-refractivity contribution in [3.05, 3.63) is 64.8 Å². The summed E-state index contributed by atoms with van der Waals surface area (Å²) < 4.78 is 11.2. The SMILES string of the molecule is Cc1c(O)c(C(=O)O)nc2c(OCc3ccccc3)c(C#CCNC(=O)OC(C)(C)C)ccc12. The van der Waals surface area contributed by atoms with E-state index >= 15 is 0 Å². The Kier molecular flexibility index (Phi) is 7.27. The van der Waals surface area contributed by atoms with Crippen molar-refractivity contribution >= 4 is 23.0 Å². The van der Waals surface area contributed by atoms with E-state index in [0.29, 0.717) is 16.5 Å². The van der Waals surface area contributed by atoms with Crippen LogP contribution in [0, 0.1) is 18.8 Å². The van der Waals surface area contributed by atoms with Gasteiger partial charge < -0.3 is 25.0 Å². The monoisotopic (exact) mass is 462 g/mol. The summed E-state index contributed by atoms with van der Waals surface area (Å²) in [5.74, 6) is 4.34. The van der Waals surface area contributed by atoms with Gasteiger partial charge in [-0.15, -0.1) is 0 Å². The molecule has 8 nitrogen and oxygen atoms in total. The molecule has 0 radical (unpaired) electrons. The minimum absolute atomic E-state index is 0.0352. The van der Waals surface area contributed by atoms with Crippen LogP contribution in [0.4, 0.5) is 4.79 Å². The van der Waals surface area contributed by atoms with Crippen LogP contribution in [0.25, 0.3) is 10.9 Å². The van der Waals surface area contributed by atoms with Crippen LogP contribution in [-0.4, -0.2) is 39.4 Å². The number of fused-ring (bicyclic) bond motifs is 1. The molecule has 34 heavy (non-hydrogen) atoms. The molecule has 0 spiro atoms. The van der Waals surface area contributed by atoms with Gasteiger partial charge in [0.15, 0.2) is 17.2 Å². The van der Waals surface area contributed by atoms with Crippen LogP contribution in [0.3, 0.4) is 0 Å². The molecule has 0 unspecified atom stereocenters. The maximum absolute atomic E-state index is 11.8. The van der Waals surface area contributed by atoms with Crippen LogP contribution in [0.15, 0.2) is 42.5 Å². The summed E-state index contributed by atoms with van der Waals surface area (Å²) in [6.45, 7) is 7.15. The number of carbonyl (C=O) groups excluding carboxylic acids is 1. The third-order valence-corrected chi connectivity index (χ3v) is 4.71. The topological polar surface area (TPSA) is 118 Å². The number of rotatable bonds is 5. The Balaban J connectivity index is 1.99. The first-order valence-corrected chi connectivity index (χ1v) is 10.6. The van der Waals surface area contributed by atoms with Gasteiger partial charge in [0.05, 0.1) is 12.1 Å². The maximum Gasteiger partial charge on any atom is 0.408 e. The van der Waals surface area contributed by atoms with Crippen LogP contribution >= 0.6 is 0 Å². The van der Waals surface area contributed by atoms with E-state index in [1.54, 1.807) is 39.8 Å². The fourth-order valence-electron chi connectivity index (χ4n) is 3.15. The molecule has 0 bridgehead atoms. The molecule has 1 amide bonds. The van der Waals surface area contributed by atoms with E-state index in [9.17, 15) is 19.8 Å². The number of amides is 1. The van der Waals surface area contributed by atoms with Crippen molar-refractivity contribution in [2.24, 2.45) is 0 Å². The van der Waals surface area contributed by atoms with Gasteiger partial charge in [-0.2, -0.15) is 0 Å². The number of pyridine rings is 1. The van der Waals surface area contributed by atoms with Crippen LogP contribution in [-0.2, 0) is 11.3 Å². The van der Waals surface area contributed by atoms with Crippen molar-refractivity contribution in [3.63, 3.8) is 0 Å². The van der Waals surface area contributed by atoms with Gasteiger partial charge in [0.25, 0.3) is 0 Å². The fourth-order valence-corrected chi connectivity index (χ4v) is 3.15. The number of carboxylic acids is 1. The third kappa shape index (κ3) is 5.95. The minimum atomic E-state index is -1.35. The van der Waals surface area contributed by atoms with Crippen molar-refractivity contribution in [1.29, 1.82) is 0 Å². The summed E-state index contributed by atoms with van der Waals surface area (Å²) in [5, 5.41) is 22.9. The molecule has 0 saturated carbocycles. The standard InChI is InChI=1S/C26H26N2O6/c1-16-19-13-12-18(11-8-14-27-25(32)34-26(2,3)4)23(33-15-17-9-6-5-7-10-17)20(19)28-21(22(16)29)24(30)31/h5-7,9-10,12-13,29H,14-15H2,1-4H3,(H,27,32)(H,30,31). The molecule has 1 heterocycles. The van der Waals surface area contributed by atoms with E-state index in [2.05, 4.69) is 22.1 Å². The summed E-state index contributed by atoms with van der Waals surface area (Å²) >= 11 is 0. The molecule has 0 aliphatic rings. The smallest absolute Gasteiger partial charge is 0.408 e. The van der Waals surface area contributed by atoms with Crippen molar-refractivity contribution in [2.45, 2.75) is 39.9 Å². The van der Waals surface area contributed by atoms with E-state index in [0.717, 1.165) is 5.56 Å². The molecule has 8 heteroatoms. The number of carboxylic acid groups (broad SMARTS) is 1. The van der Waals surface area contributed by atoms with Gasteiger partial charge >= 0.3 is 12.1 Å². The van der Waals surface area contributed by atoms with Gasteiger partial charge in [0.1, 0.15) is 17.7 Å². The molecule has 0 aliphatic heterocycles. The number of ether oxygens (including phenoxy) is 2. The largest absolute Gasteiger partial charge is 0.505 e. The second kappa shape index (κ2) is 10.1. The molecule has 3 rings (SSSR count). The molecule has 2 aromatic carbocycles. The minimum Gasteiger partial charge on any atom is -0.505 e. The lowest BCUT2D eigenvalue weighted by molar-refractivity contribution is 0.0534. The number of aromatic hydroxyl groups is 1. The van der Waals surface area contributed by atoms with Gasteiger partial charge in [0, 0.05) is 10.9 Å². The predicted octanol–water partition coefficient (Wildman–Crippen LogP) is 4.40. The lowest BCUT2D eigenvalue weighted by Gasteiger charge is -2.19. The average molecular weight is 463 g/mol. The van der Waals surface area contributed by atoms with Crippen LogP contribution in [0.2, 0.25) is 0 Å². The van der Waals surface area contributed by atoms with E-state index in [1.807, 2.05) is 30.3 Å². The Labute approximate surface area is 197 Å². The summed E-state index contributed by atoms with van der Waals surface area (Å²) in [7, 11) is 0. The first kappa shape index (κ1) is 24.4. The summed E-state index contributed by atoms with van der Waals surface area (Å²) in [6, 6.07) is 12.9. The number of aromatic nitrogens is 1. The zero-order chi connectivity index (χ0) is 24.9. The Bertz CT molecular complexity index is 1280. The normalized spacial score (nSPS) is 10.8. The number of hydrogen-bond donors (Lipinski definition) is 3. The molecule has 1 aromatic heterocycles. The molecule has 3 aromatic rings. The highest BCUT2D eigenvalue weighted by Gasteiger charge is 2.21. The fraction of sp³-hybridized carbons (Fsp3) is 0.269. The first-order valence-electron chi connectivity index (χ1n) is 10.6. The molecule has 3 N–H and O–H groups in total. The number of alkyl carbamates (subject to hydrolysis) is 1. The van der Waals surface area contributed by atoms with Crippen molar-refractivity contribution in [3.8, 4) is 23.3 Å². The summed E-state index contributed by atoms with van der Waals surface area (Å²) in [6.07, 6.45) is -0.584. The third-order valence-electron chi connectivity index (χ3n) is 4.71. The number of nitrogens with one attached hydrogen (secondary N) is 1. The maximum atomic E-state index is 11.8. The lowest BCUT2D eigenvalue weighted by Crippen LogP contribution is -2.32.